The molecule has 0 radical (unpaired) electrons. The lowest BCUT2D eigenvalue weighted by Gasteiger charge is -2.45. The summed E-state index contributed by atoms with van der Waals surface area (Å²) >= 11 is 0. The monoisotopic (exact) mass is 500 g/mol. The summed E-state index contributed by atoms with van der Waals surface area (Å²) < 4.78 is 0. The first-order valence-electron chi connectivity index (χ1n) is 13.8. The standard InChI is InChI=1S/C32H40N2O3/c1-19-8-7-9-24-15-21(3)22(4)30-28(16-23-18-33-27-11-6-5-10-26(23)27)34-31(37)32(24,30)29(36)17-25(35)13-12-20(2)14-19/h5-7,9-11,14-15,18-19,22,24-25,28,30,33,35H,8,12-13,16-17H2,1-4H3,(H,34,37)/t19-,22+,24-,25-,28-,30-,32+/m0/s1. The lowest BCUT2D eigenvalue weighted by molar-refractivity contribution is -0.146. The summed E-state index contributed by atoms with van der Waals surface area (Å²) in [6, 6.07) is 8.04. The highest BCUT2D eigenvalue weighted by Gasteiger charge is 2.65. The minimum atomic E-state index is -1.20. The molecule has 37 heavy (non-hydrogen) atoms. The van der Waals surface area contributed by atoms with Gasteiger partial charge in [-0.3, -0.25) is 9.59 Å². The number of carbonyl (C=O) groups is 2. The predicted octanol–water partition coefficient (Wildman–Crippen LogP) is 5.67. The van der Waals surface area contributed by atoms with Crippen molar-refractivity contribution in [2.75, 3.05) is 0 Å². The molecule has 5 heteroatoms. The third-order valence-electron chi connectivity index (χ3n) is 9.17. The third-order valence-corrected chi connectivity index (χ3v) is 9.17. The van der Waals surface area contributed by atoms with E-state index < -0.39 is 11.5 Å². The Bertz CT molecular complexity index is 1280. The zero-order valence-corrected chi connectivity index (χ0v) is 22.5. The fourth-order valence-electron chi connectivity index (χ4n) is 7.19. The average Bonchev–Trinajstić information content (AvgIpc) is 3.39. The van der Waals surface area contributed by atoms with Gasteiger partial charge >= 0.3 is 0 Å². The topological polar surface area (TPSA) is 82.2 Å². The minimum absolute atomic E-state index is 0.0104. The van der Waals surface area contributed by atoms with Gasteiger partial charge in [0.2, 0.25) is 5.91 Å². The number of aliphatic hydroxyl groups excluding tert-OH is 1. The first-order chi connectivity index (χ1) is 17.7. The zero-order valence-electron chi connectivity index (χ0n) is 22.5. The molecule has 3 N–H and O–H groups in total. The van der Waals surface area contributed by atoms with Crippen molar-refractivity contribution in [2.24, 2.45) is 29.1 Å². The number of Topliss-reactive ketones (excluding diaryl/α,β-unsaturated/α-hetero) is 1. The Kier molecular flexibility index (Phi) is 7.01. The number of ketones is 1. The van der Waals surface area contributed by atoms with Crippen molar-refractivity contribution in [2.45, 2.75) is 71.9 Å². The highest BCUT2D eigenvalue weighted by molar-refractivity contribution is 6.09. The van der Waals surface area contributed by atoms with Crippen molar-refractivity contribution < 1.29 is 14.7 Å². The van der Waals surface area contributed by atoms with E-state index in [0.717, 1.165) is 29.3 Å². The van der Waals surface area contributed by atoms with Crippen LogP contribution in [0.25, 0.3) is 10.9 Å². The average molecular weight is 501 g/mol. The molecule has 2 aromatic rings. The number of benzene rings is 1. The number of hydrogen-bond donors (Lipinski definition) is 3. The first kappa shape index (κ1) is 25.7. The molecule has 1 aromatic carbocycles. The fourth-order valence-corrected chi connectivity index (χ4v) is 7.19. The van der Waals surface area contributed by atoms with Crippen LogP contribution in [0.1, 0.15) is 58.9 Å². The Balaban J connectivity index is 1.57. The molecule has 1 amide bonds. The molecule has 2 aliphatic carbocycles. The Morgan fingerprint density at radius 2 is 1.89 bits per heavy atom. The molecular formula is C32H40N2O3. The number of carbonyl (C=O) groups excluding carboxylic acids is 2. The van der Waals surface area contributed by atoms with Crippen LogP contribution in [0.3, 0.4) is 0 Å². The summed E-state index contributed by atoms with van der Waals surface area (Å²) in [6.07, 6.45) is 12.7. The molecule has 5 rings (SSSR count). The zero-order chi connectivity index (χ0) is 26.3. The number of para-hydroxylation sites is 1. The van der Waals surface area contributed by atoms with Crippen LogP contribution in [-0.2, 0) is 16.0 Å². The van der Waals surface area contributed by atoms with E-state index >= 15 is 0 Å². The number of allylic oxidation sites excluding steroid dienone is 6. The summed E-state index contributed by atoms with van der Waals surface area (Å²) in [5.41, 5.74) is 3.48. The maximum absolute atomic E-state index is 14.2. The van der Waals surface area contributed by atoms with Crippen molar-refractivity contribution in [3.63, 3.8) is 0 Å². The Hall–Kier alpha value is -2.92. The number of amides is 1. The van der Waals surface area contributed by atoms with E-state index in [1.54, 1.807) is 0 Å². The summed E-state index contributed by atoms with van der Waals surface area (Å²) in [5.74, 6) is -0.380. The van der Waals surface area contributed by atoms with Gasteiger partial charge in [0.15, 0.2) is 5.78 Å². The van der Waals surface area contributed by atoms with Crippen LogP contribution in [0.15, 0.2) is 65.9 Å². The number of H-pyrrole nitrogens is 1. The van der Waals surface area contributed by atoms with Gasteiger partial charge < -0.3 is 15.4 Å². The molecule has 196 valence electrons. The highest BCUT2D eigenvalue weighted by Crippen LogP contribution is 2.55. The van der Waals surface area contributed by atoms with Gasteiger partial charge in [0.1, 0.15) is 5.41 Å². The van der Waals surface area contributed by atoms with E-state index in [4.69, 9.17) is 0 Å². The van der Waals surface area contributed by atoms with Crippen LogP contribution in [0.5, 0.6) is 0 Å². The highest BCUT2D eigenvalue weighted by atomic mass is 16.3. The molecule has 0 bridgehead atoms. The Labute approximate surface area is 220 Å². The maximum Gasteiger partial charge on any atom is 0.235 e. The van der Waals surface area contributed by atoms with Crippen molar-refractivity contribution in [3.05, 3.63) is 71.5 Å². The van der Waals surface area contributed by atoms with E-state index in [-0.39, 0.29) is 41.9 Å². The molecule has 1 saturated heterocycles. The molecule has 0 saturated carbocycles. The molecule has 3 aliphatic rings. The van der Waals surface area contributed by atoms with Crippen molar-refractivity contribution in [1.29, 1.82) is 0 Å². The van der Waals surface area contributed by atoms with Gasteiger partial charge in [-0.25, -0.2) is 0 Å². The lowest BCUT2D eigenvalue weighted by atomic mass is 9.54. The number of fused-ring (bicyclic) bond motifs is 1. The molecule has 0 unspecified atom stereocenters. The number of rotatable bonds is 2. The van der Waals surface area contributed by atoms with Gasteiger partial charge in [-0.1, -0.05) is 67.5 Å². The number of aromatic amines is 1. The third kappa shape index (κ3) is 4.52. The molecule has 1 fully saturated rings. The summed E-state index contributed by atoms with van der Waals surface area (Å²) in [5, 5.41) is 15.3. The van der Waals surface area contributed by atoms with E-state index in [2.05, 4.69) is 74.4 Å². The van der Waals surface area contributed by atoms with E-state index in [1.165, 1.54) is 11.1 Å². The largest absolute Gasteiger partial charge is 0.393 e. The normalized spacial score (nSPS) is 34.9. The van der Waals surface area contributed by atoms with E-state index in [1.807, 2.05) is 18.3 Å². The first-order valence-corrected chi connectivity index (χ1v) is 13.8. The predicted molar refractivity (Wildman–Crippen MR) is 148 cm³/mol. The number of nitrogens with one attached hydrogen (secondary N) is 2. The molecule has 1 aliphatic heterocycles. The number of hydrogen-bond acceptors (Lipinski definition) is 3. The number of aromatic nitrogens is 1. The maximum atomic E-state index is 14.2. The van der Waals surface area contributed by atoms with Crippen LogP contribution < -0.4 is 5.32 Å². The van der Waals surface area contributed by atoms with Gasteiger partial charge in [0.25, 0.3) is 0 Å². The second kappa shape index (κ2) is 10.1. The molecule has 2 heterocycles. The van der Waals surface area contributed by atoms with Gasteiger partial charge in [-0.15, -0.1) is 0 Å². The summed E-state index contributed by atoms with van der Waals surface area (Å²) in [6.45, 7) is 8.57. The van der Waals surface area contributed by atoms with Crippen LogP contribution >= 0.6 is 0 Å². The fraction of sp³-hybridized carbons (Fsp3) is 0.500. The smallest absolute Gasteiger partial charge is 0.235 e. The van der Waals surface area contributed by atoms with Crippen molar-refractivity contribution in [1.82, 2.24) is 10.3 Å². The number of aliphatic hydroxyl groups is 1. The van der Waals surface area contributed by atoms with Gasteiger partial charge in [0, 0.05) is 41.4 Å². The van der Waals surface area contributed by atoms with E-state index in [9.17, 15) is 14.7 Å². The summed E-state index contributed by atoms with van der Waals surface area (Å²) in [4.78, 5) is 31.6. The quantitative estimate of drug-likeness (QED) is 0.367. The Morgan fingerprint density at radius 1 is 1.11 bits per heavy atom. The molecule has 1 spiro atoms. The van der Waals surface area contributed by atoms with Gasteiger partial charge in [0.05, 0.1) is 6.10 Å². The van der Waals surface area contributed by atoms with Crippen molar-refractivity contribution >= 4 is 22.6 Å². The van der Waals surface area contributed by atoms with Crippen LogP contribution in [0.2, 0.25) is 0 Å². The minimum Gasteiger partial charge on any atom is -0.393 e. The van der Waals surface area contributed by atoms with Crippen LogP contribution in [-0.4, -0.2) is 33.9 Å². The van der Waals surface area contributed by atoms with Crippen LogP contribution in [0.4, 0.5) is 0 Å². The molecular weight excluding hydrogens is 460 g/mol. The van der Waals surface area contributed by atoms with Gasteiger partial charge in [-0.2, -0.15) is 0 Å². The second-order valence-electron chi connectivity index (χ2n) is 11.7. The SMILES string of the molecule is CC1=C[C@@H](C)CC=C[C@H]2C=C(C)[C@@H](C)[C@H]3[C@H](Cc4c[nH]c5ccccc45)NC(=O)[C@@]23C(=O)C[C@@H](O)CC1. The summed E-state index contributed by atoms with van der Waals surface area (Å²) in [7, 11) is 0. The lowest BCUT2D eigenvalue weighted by Crippen LogP contribution is -2.53. The molecule has 1 aromatic heterocycles. The Morgan fingerprint density at radius 3 is 2.70 bits per heavy atom. The second-order valence-corrected chi connectivity index (χ2v) is 11.7. The molecule has 5 nitrogen and oxygen atoms in total. The van der Waals surface area contributed by atoms with Crippen molar-refractivity contribution in [3.8, 4) is 0 Å². The van der Waals surface area contributed by atoms with E-state index in [0.29, 0.717) is 18.8 Å². The van der Waals surface area contributed by atoms with Crippen LogP contribution in [0, 0.1) is 29.1 Å². The molecule has 7 atom stereocenters. The van der Waals surface area contributed by atoms with Gasteiger partial charge in [-0.05, 0) is 63.0 Å².